The fraction of sp³-hybridized carbons (Fsp3) is 0.818. The summed E-state index contributed by atoms with van der Waals surface area (Å²) >= 11 is 0. The molecule has 1 N–H and O–H groups in total. The van der Waals surface area contributed by atoms with Gasteiger partial charge < -0.3 is 5.32 Å². The Bertz CT molecular complexity index is 125. The van der Waals surface area contributed by atoms with Crippen molar-refractivity contribution in [3.63, 3.8) is 0 Å². The highest BCUT2D eigenvalue weighted by Gasteiger charge is 2.14. The third-order valence-electron chi connectivity index (χ3n) is 1.85. The summed E-state index contributed by atoms with van der Waals surface area (Å²) in [6.45, 7) is 14.9. The Hall–Kier alpha value is -0.300. The molecule has 0 heterocycles. The Morgan fingerprint density at radius 2 is 2.00 bits per heavy atom. The fourth-order valence-electron chi connectivity index (χ4n) is 1.16. The van der Waals surface area contributed by atoms with Gasteiger partial charge in [-0.25, -0.2) is 0 Å². The average Bonchev–Trinajstić information content (AvgIpc) is 1.85. The Balaban J connectivity index is 3.53. The van der Waals surface area contributed by atoms with Gasteiger partial charge in [0.15, 0.2) is 0 Å². The lowest BCUT2D eigenvalue weighted by atomic mass is 9.89. The van der Waals surface area contributed by atoms with Crippen molar-refractivity contribution >= 4 is 0 Å². The van der Waals surface area contributed by atoms with Gasteiger partial charge in [0.2, 0.25) is 0 Å². The molecule has 0 fully saturated rings. The van der Waals surface area contributed by atoms with Crippen LogP contribution in [-0.2, 0) is 0 Å². The van der Waals surface area contributed by atoms with Crippen LogP contribution in [0.15, 0.2) is 12.7 Å². The maximum Gasteiger partial charge on any atom is 0.000559 e. The smallest absolute Gasteiger partial charge is 0.000559 e. The van der Waals surface area contributed by atoms with E-state index in [4.69, 9.17) is 0 Å². The van der Waals surface area contributed by atoms with Gasteiger partial charge in [0.25, 0.3) is 0 Å². The lowest BCUT2D eigenvalue weighted by molar-refractivity contribution is 0.336. The van der Waals surface area contributed by atoms with Crippen molar-refractivity contribution in [1.82, 2.24) is 5.32 Å². The van der Waals surface area contributed by atoms with Gasteiger partial charge in [-0.1, -0.05) is 33.8 Å². The molecule has 0 spiro atoms. The van der Waals surface area contributed by atoms with Gasteiger partial charge in [-0.2, -0.15) is 0 Å². The molecule has 1 heteroatoms. The minimum Gasteiger partial charge on any atom is -0.316 e. The standard InChI is InChI=1S/C11H23N/c1-6-7-11(4,5)9-12-8-10(2)3/h6,10,12H,1,7-9H2,2-5H3. The first-order chi connectivity index (χ1) is 5.48. The number of nitrogens with one attached hydrogen (secondary N) is 1. The summed E-state index contributed by atoms with van der Waals surface area (Å²) in [4.78, 5) is 0. The van der Waals surface area contributed by atoms with Crippen LogP contribution in [0.3, 0.4) is 0 Å². The zero-order valence-electron chi connectivity index (χ0n) is 8.98. The van der Waals surface area contributed by atoms with E-state index in [1.165, 1.54) is 0 Å². The Kier molecular flexibility index (Phi) is 5.23. The topological polar surface area (TPSA) is 12.0 Å². The molecule has 0 aliphatic heterocycles. The van der Waals surface area contributed by atoms with E-state index < -0.39 is 0 Å². The van der Waals surface area contributed by atoms with Crippen LogP contribution in [0.2, 0.25) is 0 Å². The Morgan fingerprint density at radius 3 is 2.42 bits per heavy atom. The van der Waals surface area contributed by atoms with E-state index in [1.807, 2.05) is 6.08 Å². The van der Waals surface area contributed by atoms with Gasteiger partial charge >= 0.3 is 0 Å². The van der Waals surface area contributed by atoms with Crippen LogP contribution in [0.25, 0.3) is 0 Å². The monoisotopic (exact) mass is 169 g/mol. The van der Waals surface area contributed by atoms with Gasteiger partial charge in [-0.3, -0.25) is 0 Å². The number of rotatable bonds is 6. The normalized spacial score (nSPS) is 12.1. The molecule has 12 heavy (non-hydrogen) atoms. The summed E-state index contributed by atoms with van der Waals surface area (Å²) in [5.41, 5.74) is 0.358. The summed E-state index contributed by atoms with van der Waals surface area (Å²) in [5.74, 6) is 0.740. The molecule has 0 saturated heterocycles. The summed E-state index contributed by atoms with van der Waals surface area (Å²) in [5, 5.41) is 3.46. The van der Waals surface area contributed by atoms with Crippen molar-refractivity contribution < 1.29 is 0 Å². The second kappa shape index (κ2) is 5.36. The van der Waals surface area contributed by atoms with Crippen molar-refractivity contribution in [2.75, 3.05) is 13.1 Å². The van der Waals surface area contributed by atoms with Gasteiger partial charge in [0.1, 0.15) is 0 Å². The van der Waals surface area contributed by atoms with E-state index in [0.29, 0.717) is 5.41 Å². The molecule has 0 amide bonds. The molecule has 0 aromatic heterocycles. The lowest BCUT2D eigenvalue weighted by Gasteiger charge is -2.23. The molecule has 0 bridgehead atoms. The molecular formula is C11H23N. The molecule has 0 saturated carbocycles. The second-order valence-electron chi connectivity index (χ2n) is 4.68. The van der Waals surface area contributed by atoms with Gasteiger partial charge in [0, 0.05) is 6.54 Å². The highest BCUT2D eigenvalue weighted by Crippen LogP contribution is 2.18. The predicted molar refractivity (Wildman–Crippen MR) is 56.3 cm³/mol. The van der Waals surface area contributed by atoms with Crippen molar-refractivity contribution in [3.05, 3.63) is 12.7 Å². The molecule has 0 unspecified atom stereocenters. The summed E-state index contributed by atoms with van der Waals surface area (Å²) in [7, 11) is 0. The minimum atomic E-state index is 0.358. The van der Waals surface area contributed by atoms with Gasteiger partial charge in [-0.05, 0) is 24.3 Å². The molecule has 0 atom stereocenters. The zero-order valence-corrected chi connectivity index (χ0v) is 8.98. The summed E-state index contributed by atoms with van der Waals surface area (Å²) in [6.07, 6.45) is 3.08. The first-order valence-corrected chi connectivity index (χ1v) is 4.79. The first-order valence-electron chi connectivity index (χ1n) is 4.79. The molecule has 0 rings (SSSR count). The van der Waals surface area contributed by atoms with Crippen LogP contribution in [0.4, 0.5) is 0 Å². The molecule has 0 aliphatic carbocycles. The van der Waals surface area contributed by atoms with Crippen LogP contribution in [0.1, 0.15) is 34.1 Å². The largest absolute Gasteiger partial charge is 0.316 e. The van der Waals surface area contributed by atoms with E-state index in [0.717, 1.165) is 25.4 Å². The highest BCUT2D eigenvalue weighted by atomic mass is 14.9. The zero-order chi connectivity index (χ0) is 9.61. The molecule has 0 aromatic carbocycles. The van der Waals surface area contributed by atoms with Crippen LogP contribution < -0.4 is 5.32 Å². The maximum absolute atomic E-state index is 3.76. The second-order valence-corrected chi connectivity index (χ2v) is 4.68. The molecule has 72 valence electrons. The van der Waals surface area contributed by atoms with E-state index in [-0.39, 0.29) is 0 Å². The molecule has 0 aromatic rings. The van der Waals surface area contributed by atoms with Gasteiger partial charge in [0.05, 0.1) is 0 Å². The SMILES string of the molecule is C=CCC(C)(C)CNCC(C)C. The van der Waals surface area contributed by atoms with Crippen LogP contribution in [-0.4, -0.2) is 13.1 Å². The number of hydrogen-bond donors (Lipinski definition) is 1. The third-order valence-corrected chi connectivity index (χ3v) is 1.85. The van der Waals surface area contributed by atoms with Crippen molar-refractivity contribution in [3.8, 4) is 0 Å². The lowest BCUT2D eigenvalue weighted by Crippen LogP contribution is -2.31. The van der Waals surface area contributed by atoms with Crippen LogP contribution in [0.5, 0.6) is 0 Å². The summed E-state index contributed by atoms with van der Waals surface area (Å²) < 4.78 is 0. The molecule has 0 radical (unpaired) electrons. The van der Waals surface area contributed by atoms with Crippen LogP contribution in [0, 0.1) is 11.3 Å². The Labute approximate surface area is 77.2 Å². The van der Waals surface area contributed by atoms with Crippen LogP contribution >= 0.6 is 0 Å². The Morgan fingerprint density at radius 1 is 1.42 bits per heavy atom. The molecule has 1 nitrogen and oxygen atoms in total. The highest BCUT2D eigenvalue weighted by molar-refractivity contribution is 4.81. The third kappa shape index (κ3) is 6.41. The molecular weight excluding hydrogens is 146 g/mol. The number of hydrogen-bond acceptors (Lipinski definition) is 1. The molecule has 0 aliphatic rings. The maximum atomic E-state index is 3.76. The quantitative estimate of drug-likeness (QED) is 0.603. The van der Waals surface area contributed by atoms with E-state index in [9.17, 15) is 0 Å². The average molecular weight is 169 g/mol. The van der Waals surface area contributed by atoms with E-state index >= 15 is 0 Å². The van der Waals surface area contributed by atoms with E-state index in [2.05, 4.69) is 39.6 Å². The minimum absolute atomic E-state index is 0.358. The van der Waals surface area contributed by atoms with Crippen molar-refractivity contribution in [2.24, 2.45) is 11.3 Å². The first kappa shape index (κ1) is 11.7. The van der Waals surface area contributed by atoms with Crippen molar-refractivity contribution in [2.45, 2.75) is 34.1 Å². The number of allylic oxidation sites excluding steroid dienone is 1. The summed E-state index contributed by atoms with van der Waals surface area (Å²) in [6, 6.07) is 0. The van der Waals surface area contributed by atoms with Gasteiger partial charge in [-0.15, -0.1) is 6.58 Å². The van der Waals surface area contributed by atoms with E-state index in [1.54, 1.807) is 0 Å². The van der Waals surface area contributed by atoms with Crippen molar-refractivity contribution in [1.29, 1.82) is 0 Å². The fourth-order valence-corrected chi connectivity index (χ4v) is 1.16. The predicted octanol–water partition coefficient (Wildman–Crippen LogP) is 2.83.